The highest BCUT2D eigenvalue weighted by Gasteiger charge is 2.27. The van der Waals surface area contributed by atoms with Crippen molar-refractivity contribution >= 4 is 69.5 Å². The second-order valence-corrected chi connectivity index (χ2v) is 16.8. The minimum Gasteiger partial charge on any atom is -0.461 e. The largest absolute Gasteiger partial charge is 0.461 e. The molecule has 14 nitrogen and oxygen atoms in total. The van der Waals surface area contributed by atoms with E-state index in [1.807, 2.05) is 10.8 Å². The molecule has 0 aromatic carbocycles. The zero-order valence-corrected chi connectivity index (χ0v) is 33.8. The first-order chi connectivity index (χ1) is 24.5. The van der Waals surface area contributed by atoms with Crippen molar-refractivity contribution in [1.29, 1.82) is 0 Å². The van der Waals surface area contributed by atoms with Crippen molar-refractivity contribution in [2.45, 2.75) is 79.4 Å². The molecule has 0 aliphatic rings. The molecule has 52 heavy (non-hydrogen) atoms. The number of hydrogen-bond donors (Lipinski definition) is 0. The molecule has 4 aromatic rings. The standard InChI is InChI=1S/C34H44N6O8S4/c1-9-45-29(41)23-19-51-27(37-23)21-17-49-25(35-21)11-13-39(31(43)47-33(3,4)5)15-16-40(32(44)48-34(6,7)8)14-12-26-36-22(18-50-26)28-38-24(20-52-28)30(42)46-10-2/h17-20H,9-16H2,1-8H3. The molecular weight excluding hydrogens is 749 g/mol. The van der Waals surface area contributed by atoms with Gasteiger partial charge in [-0.05, 0) is 55.4 Å². The third kappa shape index (κ3) is 12.3. The van der Waals surface area contributed by atoms with E-state index in [0.717, 1.165) is 10.0 Å². The summed E-state index contributed by atoms with van der Waals surface area (Å²) < 4.78 is 21.5. The van der Waals surface area contributed by atoms with E-state index >= 15 is 0 Å². The van der Waals surface area contributed by atoms with Crippen LogP contribution in [0.5, 0.6) is 0 Å². The normalized spacial score (nSPS) is 11.6. The molecule has 0 atom stereocenters. The number of thiazole rings is 4. The molecule has 0 saturated carbocycles. The monoisotopic (exact) mass is 792 g/mol. The summed E-state index contributed by atoms with van der Waals surface area (Å²) in [6.07, 6.45) is -0.156. The lowest BCUT2D eigenvalue weighted by Gasteiger charge is -2.31. The Morgan fingerprint density at radius 1 is 0.577 bits per heavy atom. The summed E-state index contributed by atoms with van der Waals surface area (Å²) in [5.74, 6) is -0.959. The fraction of sp³-hybridized carbons (Fsp3) is 0.529. The van der Waals surface area contributed by atoms with Crippen LogP contribution < -0.4 is 0 Å². The molecule has 4 aromatic heterocycles. The summed E-state index contributed by atoms with van der Waals surface area (Å²) in [6, 6.07) is 0. The predicted molar refractivity (Wildman–Crippen MR) is 201 cm³/mol. The average molecular weight is 793 g/mol. The topological polar surface area (TPSA) is 163 Å². The molecule has 0 spiro atoms. The number of amides is 2. The van der Waals surface area contributed by atoms with Crippen LogP contribution in [0.25, 0.3) is 21.4 Å². The lowest BCUT2D eigenvalue weighted by atomic mass is 10.2. The smallest absolute Gasteiger partial charge is 0.410 e. The minimum atomic E-state index is -0.729. The number of carbonyl (C=O) groups excluding carboxylic acids is 4. The van der Waals surface area contributed by atoms with Crippen molar-refractivity contribution in [3.05, 3.63) is 42.9 Å². The van der Waals surface area contributed by atoms with E-state index in [1.54, 1.807) is 75.9 Å². The highest BCUT2D eigenvalue weighted by atomic mass is 32.1. The first-order valence-electron chi connectivity index (χ1n) is 16.7. The molecule has 0 aliphatic heterocycles. The number of esters is 2. The maximum absolute atomic E-state index is 13.4. The summed E-state index contributed by atoms with van der Waals surface area (Å²) in [5.41, 5.74) is 0.295. The van der Waals surface area contributed by atoms with Crippen LogP contribution in [0.3, 0.4) is 0 Å². The number of rotatable bonds is 15. The summed E-state index contributed by atoms with van der Waals surface area (Å²) in [5, 5.41) is 9.76. The zero-order chi connectivity index (χ0) is 38.1. The van der Waals surface area contributed by atoms with Gasteiger partial charge in [-0.2, -0.15) is 0 Å². The van der Waals surface area contributed by atoms with E-state index < -0.39 is 35.3 Å². The molecule has 0 fully saturated rings. The van der Waals surface area contributed by atoms with E-state index in [4.69, 9.17) is 28.9 Å². The van der Waals surface area contributed by atoms with Gasteiger partial charge >= 0.3 is 24.1 Å². The van der Waals surface area contributed by atoms with Gasteiger partial charge < -0.3 is 28.7 Å². The lowest BCUT2D eigenvalue weighted by molar-refractivity contribution is 0.0137. The summed E-state index contributed by atoms with van der Waals surface area (Å²) >= 11 is 5.47. The van der Waals surface area contributed by atoms with E-state index in [9.17, 15) is 19.2 Å². The van der Waals surface area contributed by atoms with E-state index in [1.165, 1.54) is 45.3 Å². The van der Waals surface area contributed by atoms with Crippen LogP contribution in [-0.4, -0.2) is 104 Å². The fourth-order valence-corrected chi connectivity index (χ4v) is 7.56. The van der Waals surface area contributed by atoms with Crippen LogP contribution in [0.2, 0.25) is 0 Å². The third-order valence-electron chi connectivity index (χ3n) is 6.65. The Kier molecular flexibility index (Phi) is 14.2. The van der Waals surface area contributed by atoms with Gasteiger partial charge in [0.15, 0.2) is 11.4 Å². The van der Waals surface area contributed by atoms with Crippen LogP contribution in [0.4, 0.5) is 9.59 Å². The van der Waals surface area contributed by atoms with E-state index in [0.29, 0.717) is 34.2 Å². The van der Waals surface area contributed by atoms with Gasteiger partial charge in [-0.1, -0.05) is 0 Å². The van der Waals surface area contributed by atoms with E-state index in [-0.39, 0.29) is 50.8 Å². The SMILES string of the molecule is CCOC(=O)c1csc(-c2csc(CCN(CCN(CCc3nc(-c4nc(C(=O)OCC)cs4)cs3)C(=O)OC(C)(C)C)C(=O)OC(C)(C)C)n2)n1. The predicted octanol–water partition coefficient (Wildman–Crippen LogP) is 7.46. The molecule has 0 bridgehead atoms. The molecule has 0 N–H and O–H groups in total. The van der Waals surface area contributed by atoms with Gasteiger partial charge in [0.05, 0.1) is 23.2 Å². The third-order valence-corrected chi connectivity index (χ3v) is 10.2. The average Bonchev–Trinajstić information content (AvgIpc) is 3.87. The Balaban J connectivity index is 1.44. The van der Waals surface area contributed by atoms with Gasteiger partial charge in [-0.25, -0.2) is 39.1 Å². The van der Waals surface area contributed by atoms with Crippen molar-refractivity contribution in [2.75, 3.05) is 39.4 Å². The maximum Gasteiger partial charge on any atom is 0.410 e. The van der Waals surface area contributed by atoms with Gasteiger partial charge in [0.2, 0.25) is 0 Å². The van der Waals surface area contributed by atoms with Crippen LogP contribution in [-0.2, 0) is 31.8 Å². The second-order valence-electron chi connectivity index (χ2n) is 13.2. The molecule has 282 valence electrons. The molecule has 0 radical (unpaired) electrons. The Bertz CT molecular complexity index is 1690. The molecule has 0 unspecified atom stereocenters. The molecule has 4 heterocycles. The van der Waals surface area contributed by atoms with Crippen LogP contribution in [0.1, 0.15) is 86.4 Å². The quantitative estimate of drug-likeness (QED) is 0.0864. The highest BCUT2D eigenvalue weighted by molar-refractivity contribution is 7.14. The molecular formula is C34H44N6O8S4. The number of aromatic nitrogens is 4. The van der Waals surface area contributed by atoms with Gasteiger partial charge in [0.25, 0.3) is 0 Å². The minimum absolute atomic E-state index is 0.181. The second kappa shape index (κ2) is 18.2. The van der Waals surface area contributed by atoms with Crippen molar-refractivity contribution in [1.82, 2.24) is 29.7 Å². The maximum atomic E-state index is 13.4. The molecule has 0 aliphatic carbocycles. The summed E-state index contributed by atoms with van der Waals surface area (Å²) in [4.78, 5) is 72.2. The van der Waals surface area contributed by atoms with Gasteiger partial charge in [0, 0.05) is 60.5 Å². The lowest BCUT2D eigenvalue weighted by Crippen LogP contribution is -2.45. The fourth-order valence-electron chi connectivity index (χ4n) is 4.37. The molecule has 18 heteroatoms. The number of ether oxygens (including phenoxy) is 4. The zero-order valence-electron chi connectivity index (χ0n) is 30.5. The number of hydrogen-bond acceptors (Lipinski definition) is 16. The highest BCUT2D eigenvalue weighted by Crippen LogP contribution is 2.28. The van der Waals surface area contributed by atoms with Crippen molar-refractivity contribution < 1.29 is 38.1 Å². The molecule has 0 saturated heterocycles. The number of nitrogens with zero attached hydrogens (tertiary/aromatic N) is 6. The Labute approximate surface area is 319 Å². The Hall–Kier alpha value is -4.00. The van der Waals surface area contributed by atoms with Crippen molar-refractivity contribution in [2.24, 2.45) is 0 Å². The molecule has 4 rings (SSSR count). The van der Waals surface area contributed by atoms with Crippen molar-refractivity contribution in [3.8, 4) is 21.4 Å². The Morgan fingerprint density at radius 3 is 1.31 bits per heavy atom. The summed E-state index contributed by atoms with van der Waals surface area (Å²) in [7, 11) is 0. The molecule has 2 amide bonds. The number of carbonyl (C=O) groups is 4. The van der Waals surface area contributed by atoms with Gasteiger partial charge in [-0.3, -0.25) is 0 Å². The van der Waals surface area contributed by atoms with E-state index in [2.05, 4.69) is 9.97 Å². The first kappa shape index (κ1) is 40.8. The van der Waals surface area contributed by atoms with Crippen LogP contribution >= 0.6 is 45.3 Å². The van der Waals surface area contributed by atoms with Gasteiger partial charge in [0.1, 0.15) is 32.6 Å². The van der Waals surface area contributed by atoms with Crippen LogP contribution in [0.15, 0.2) is 21.5 Å². The van der Waals surface area contributed by atoms with Gasteiger partial charge in [-0.15, -0.1) is 45.3 Å². The summed E-state index contributed by atoms with van der Waals surface area (Å²) in [6.45, 7) is 15.7. The first-order valence-corrected chi connectivity index (χ1v) is 20.2. The van der Waals surface area contributed by atoms with Crippen molar-refractivity contribution in [3.63, 3.8) is 0 Å². The Morgan fingerprint density at radius 2 is 0.962 bits per heavy atom. The van der Waals surface area contributed by atoms with Crippen LogP contribution in [0, 0.1) is 0 Å².